The second kappa shape index (κ2) is 15.0. The summed E-state index contributed by atoms with van der Waals surface area (Å²) in [7, 11) is -8.92. The topological polar surface area (TPSA) is 195 Å². The molecule has 0 aliphatic carbocycles. The summed E-state index contributed by atoms with van der Waals surface area (Å²) in [5.74, 6) is -0.856. The Balaban J connectivity index is 1.52. The zero-order chi connectivity index (χ0) is 38.9. The summed E-state index contributed by atoms with van der Waals surface area (Å²) in [5, 5.41) is 20.2. The first-order valence-corrected chi connectivity index (χ1v) is 20.1. The van der Waals surface area contributed by atoms with Crippen LogP contribution in [0, 0.1) is 10.1 Å². The van der Waals surface area contributed by atoms with Crippen molar-refractivity contribution in [1.29, 1.82) is 0 Å². The van der Waals surface area contributed by atoms with Gasteiger partial charge in [-0.3, -0.25) is 24.0 Å². The maximum atomic E-state index is 12.1. The summed E-state index contributed by atoms with van der Waals surface area (Å²) in [6, 6.07) is 15.5. The summed E-state index contributed by atoms with van der Waals surface area (Å²) in [5.41, 5.74) is 4.29. The Hall–Kier alpha value is -4.70. The number of aliphatic carboxylic acids is 1. The molecule has 13 nitrogen and oxygen atoms in total. The fourth-order valence-electron chi connectivity index (χ4n) is 7.29. The normalized spacial score (nSPS) is 17.1. The molecule has 0 aromatic heterocycles. The average molecular weight is 767 g/mol. The number of hydrogen-bond acceptors (Lipinski definition) is 8. The predicted octanol–water partition coefficient (Wildman–Crippen LogP) is 6.98. The van der Waals surface area contributed by atoms with Gasteiger partial charge in [-0.15, -0.1) is 0 Å². The van der Waals surface area contributed by atoms with Crippen LogP contribution in [-0.4, -0.2) is 65.3 Å². The summed E-state index contributed by atoms with van der Waals surface area (Å²) in [6.07, 6.45) is 9.06. The number of non-ortho nitro benzene ring substituents is 1. The molecular formula is C38H44N3O10S2+. The van der Waals surface area contributed by atoms with Crippen LogP contribution in [0.3, 0.4) is 0 Å². The summed E-state index contributed by atoms with van der Waals surface area (Å²) < 4.78 is 70.1. The number of benzene rings is 3. The molecule has 53 heavy (non-hydrogen) atoms. The number of carbonyl (C=O) groups is 1. The van der Waals surface area contributed by atoms with Crippen LogP contribution in [0.1, 0.15) is 76.5 Å². The van der Waals surface area contributed by atoms with Crippen molar-refractivity contribution >= 4 is 49.0 Å². The third-order valence-corrected chi connectivity index (χ3v) is 11.8. The van der Waals surface area contributed by atoms with Gasteiger partial charge in [0.15, 0.2) is 5.71 Å². The van der Waals surface area contributed by atoms with Crippen molar-refractivity contribution < 1.29 is 45.3 Å². The van der Waals surface area contributed by atoms with Gasteiger partial charge in [-0.05, 0) is 80.6 Å². The molecule has 0 atom stereocenters. The number of anilines is 1. The number of nitrogens with zero attached hydrogens (tertiary/aromatic N) is 3. The molecule has 0 radical (unpaired) electrons. The Morgan fingerprint density at radius 3 is 2.08 bits per heavy atom. The van der Waals surface area contributed by atoms with E-state index in [4.69, 9.17) is 5.11 Å². The van der Waals surface area contributed by atoms with Crippen LogP contribution in [0.5, 0.6) is 0 Å². The van der Waals surface area contributed by atoms with Gasteiger partial charge in [-0.2, -0.15) is 21.4 Å². The number of fused-ring (bicyclic) bond motifs is 2. The number of carboxylic acid groups (broad SMARTS) is 1. The molecule has 0 saturated heterocycles. The van der Waals surface area contributed by atoms with Crippen LogP contribution in [0.25, 0.3) is 0 Å². The van der Waals surface area contributed by atoms with E-state index in [1.165, 1.54) is 36.4 Å². The molecule has 2 heterocycles. The van der Waals surface area contributed by atoms with Crippen molar-refractivity contribution in [1.82, 2.24) is 0 Å². The highest BCUT2D eigenvalue weighted by Gasteiger charge is 2.45. The molecule has 0 fully saturated rings. The minimum Gasteiger partial charge on any atom is -0.481 e. The number of allylic oxidation sites excluding steroid dienone is 4. The molecule has 3 aromatic rings. The minimum atomic E-state index is -4.46. The predicted molar refractivity (Wildman–Crippen MR) is 200 cm³/mol. The highest BCUT2D eigenvalue weighted by atomic mass is 32.2. The van der Waals surface area contributed by atoms with Gasteiger partial charge in [0.25, 0.3) is 25.9 Å². The van der Waals surface area contributed by atoms with Gasteiger partial charge in [0.05, 0.1) is 20.1 Å². The van der Waals surface area contributed by atoms with E-state index in [-0.39, 0.29) is 21.9 Å². The smallest absolute Gasteiger partial charge is 0.303 e. The highest BCUT2D eigenvalue weighted by Crippen LogP contribution is 2.49. The lowest BCUT2D eigenvalue weighted by molar-refractivity contribution is -0.438. The number of carboxylic acids is 1. The van der Waals surface area contributed by atoms with Crippen LogP contribution in [-0.2, 0) is 42.3 Å². The van der Waals surface area contributed by atoms with Gasteiger partial charge in [-0.1, -0.05) is 38.5 Å². The summed E-state index contributed by atoms with van der Waals surface area (Å²) >= 11 is 0. The minimum absolute atomic E-state index is 0.0117. The first-order valence-electron chi connectivity index (χ1n) is 17.2. The highest BCUT2D eigenvalue weighted by molar-refractivity contribution is 7.86. The Bertz CT molecular complexity index is 2260. The third-order valence-electron chi connectivity index (χ3n) is 10.1. The van der Waals surface area contributed by atoms with E-state index in [1.54, 1.807) is 24.3 Å². The molecule has 0 bridgehead atoms. The molecule has 0 amide bonds. The van der Waals surface area contributed by atoms with Crippen molar-refractivity contribution in [2.24, 2.45) is 0 Å². The fraction of sp³-hybridized carbons (Fsp3) is 0.368. The van der Waals surface area contributed by atoms with Gasteiger partial charge >= 0.3 is 5.97 Å². The number of unbranched alkanes of at least 4 members (excludes halogenated alkanes) is 2. The van der Waals surface area contributed by atoms with E-state index < -0.39 is 42.0 Å². The maximum absolute atomic E-state index is 12.1. The van der Waals surface area contributed by atoms with E-state index >= 15 is 0 Å². The molecule has 15 heteroatoms. The third kappa shape index (κ3) is 8.43. The Morgan fingerprint density at radius 1 is 0.849 bits per heavy atom. The molecule has 282 valence electrons. The lowest BCUT2D eigenvalue weighted by Crippen LogP contribution is -2.28. The van der Waals surface area contributed by atoms with Crippen molar-refractivity contribution in [3.8, 4) is 0 Å². The molecule has 2 aliphatic heterocycles. The Labute approximate surface area is 309 Å². The van der Waals surface area contributed by atoms with Gasteiger partial charge < -0.3 is 10.0 Å². The number of nitro groups is 1. The monoisotopic (exact) mass is 766 g/mol. The maximum Gasteiger partial charge on any atom is 0.303 e. The summed E-state index contributed by atoms with van der Waals surface area (Å²) in [4.78, 5) is 23.4. The van der Waals surface area contributed by atoms with E-state index in [9.17, 15) is 40.8 Å². The van der Waals surface area contributed by atoms with Crippen LogP contribution in [0.2, 0.25) is 0 Å². The van der Waals surface area contributed by atoms with E-state index in [2.05, 4.69) is 9.48 Å². The second-order valence-corrected chi connectivity index (χ2v) is 17.2. The van der Waals surface area contributed by atoms with Crippen LogP contribution in [0.15, 0.2) is 94.4 Å². The van der Waals surface area contributed by atoms with Crippen molar-refractivity contribution in [2.75, 3.05) is 18.0 Å². The second-order valence-electron chi connectivity index (χ2n) is 14.4. The quantitative estimate of drug-likeness (QED) is 0.0475. The largest absolute Gasteiger partial charge is 0.481 e. The fourth-order valence-corrected chi connectivity index (χ4v) is 8.30. The molecular weight excluding hydrogens is 723 g/mol. The molecule has 3 aromatic carbocycles. The van der Waals surface area contributed by atoms with E-state index in [0.29, 0.717) is 56.3 Å². The lowest BCUT2D eigenvalue weighted by Gasteiger charge is -2.27. The summed E-state index contributed by atoms with van der Waals surface area (Å²) in [6.45, 7) is 8.95. The van der Waals surface area contributed by atoms with Gasteiger partial charge in [0.2, 0.25) is 5.69 Å². The van der Waals surface area contributed by atoms with Crippen molar-refractivity contribution in [2.45, 2.75) is 86.8 Å². The van der Waals surface area contributed by atoms with Crippen LogP contribution >= 0.6 is 0 Å². The molecule has 2 aliphatic rings. The van der Waals surface area contributed by atoms with E-state index in [0.717, 1.165) is 28.3 Å². The van der Waals surface area contributed by atoms with Gasteiger partial charge in [0, 0.05) is 66.0 Å². The van der Waals surface area contributed by atoms with Crippen LogP contribution < -0.4 is 4.90 Å². The first kappa shape index (κ1) is 39.5. The number of hydrogen-bond donors (Lipinski definition) is 3. The average Bonchev–Trinajstić information content (AvgIpc) is 3.41. The zero-order valence-electron chi connectivity index (χ0n) is 30.0. The van der Waals surface area contributed by atoms with E-state index in [1.807, 2.05) is 45.9 Å². The van der Waals surface area contributed by atoms with Crippen LogP contribution in [0.4, 0.5) is 17.1 Å². The first-order chi connectivity index (χ1) is 24.7. The van der Waals surface area contributed by atoms with Crippen molar-refractivity contribution in [3.05, 3.63) is 111 Å². The standard InChI is InChI=1S/C38H43N3O10S2/c1-37(2)30-24-28(52(46,47)48)18-20-32(30)39(22-7-5-6-13-36(42)43)34(37)11-8-12-35-38(3,4)31-25-29(53(49,50)51)19-21-33(31)40(35)23-9-10-26-14-16-27(17-15-26)41(44)45/h8,11-12,14-21,24-25H,5-7,9-10,13,22-23H2,1-4H3,(H2-,42,43,46,47,48,49,50,51)/p+1. The van der Waals surface area contributed by atoms with Gasteiger partial charge in [0.1, 0.15) is 6.54 Å². The number of rotatable bonds is 15. The molecule has 5 rings (SSSR count). The molecule has 0 saturated carbocycles. The zero-order valence-corrected chi connectivity index (χ0v) is 31.7. The molecule has 0 spiro atoms. The Kier molecular flexibility index (Phi) is 11.2. The van der Waals surface area contributed by atoms with Gasteiger partial charge in [-0.25, -0.2) is 0 Å². The SMILES string of the molecule is CC1(C)C(/C=C/C=C2/N(CCCCCC(=O)O)c3ccc(S(=O)(=O)O)cc3C2(C)C)=[N+](CCCc2ccc([N+](=O)[O-])cc2)c2ccc(S(=O)(=O)O)cc21. The number of nitro benzene ring substituents is 1. The molecule has 3 N–H and O–H groups in total. The Morgan fingerprint density at radius 2 is 1.47 bits per heavy atom. The number of aryl methyl sites for hydroxylation is 1. The van der Waals surface area contributed by atoms with Crippen molar-refractivity contribution in [3.63, 3.8) is 0 Å². The molecule has 0 unspecified atom stereocenters. The lowest BCUT2D eigenvalue weighted by atomic mass is 9.81.